The molecule has 1 fully saturated rings. The molecule has 0 unspecified atom stereocenters. The Hall–Kier alpha value is -2.57. The molecule has 0 atom stereocenters. The van der Waals surface area contributed by atoms with Crippen LogP contribution in [0.2, 0.25) is 5.02 Å². The quantitative estimate of drug-likeness (QED) is 0.423. The second kappa shape index (κ2) is 9.06. The lowest BCUT2D eigenvalue weighted by molar-refractivity contribution is -0.122. The van der Waals surface area contributed by atoms with Crippen LogP contribution in [0.3, 0.4) is 0 Å². The second-order valence-corrected chi connectivity index (χ2v) is 8.73. The van der Waals surface area contributed by atoms with Crippen molar-refractivity contribution in [3.8, 4) is 5.75 Å². The number of hydrogen-bond acceptors (Lipinski definition) is 5. The first-order chi connectivity index (χ1) is 14.2. The Labute approximate surface area is 185 Å². The number of nitrogens with zero attached hydrogens (tertiary/aromatic N) is 1. The predicted molar refractivity (Wildman–Crippen MR) is 120 cm³/mol. The van der Waals surface area contributed by atoms with Crippen molar-refractivity contribution < 1.29 is 19.1 Å². The number of rotatable bonds is 6. The van der Waals surface area contributed by atoms with Gasteiger partial charge in [0, 0.05) is 10.6 Å². The van der Waals surface area contributed by atoms with Crippen molar-refractivity contribution in [3.63, 3.8) is 0 Å². The van der Waals surface area contributed by atoms with Gasteiger partial charge in [0.15, 0.2) is 5.78 Å². The van der Waals surface area contributed by atoms with Crippen LogP contribution in [0, 0.1) is 6.92 Å². The Morgan fingerprint density at radius 3 is 2.47 bits per heavy atom. The summed E-state index contributed by atoms with van der Waals surface area (Å²) in [5, 5.41) is 0.0556. The smallest absolute Gasteiger partial charge is 0.293 e. The molecule has 0 N–H and O–H groups in total. The van der Waals surface area contributed by atoms with Gasteiger partial charge in [-0.25, -0.2) is 0 Å². The van der Waals surface area contributed by atoms with E-state index >= 15 is 0 Å². The summed E-state index contributed by atoms with van der Waals surface area (Å²) in [6, 6.07) is 10.3. The molecule has 156 valence electrons. The normalized spacial score (nSPS) is 15.4. The molecule has 0 spiro atoms. The summed E-state index contributed by atoms with van der Waals surface area (Å²) >= 11 is 6.69. The topological polar surface area (TPSA) is 63.7 Å². The van der Waals surface area contributed by atoms with E-state index in [0.717, 1.165) is 39.1 Å². The number of carbonyl (C=O) groups excluding carboxylic acids is 3. The van der Waals surface area contributed by atoms with E-state index in [1.807, 2.05) is 19.1 Å². The third-order valence-corrected chi connectivity index (χ3v) is 6.03. The van der Waals surface area contributed by atoms with Crippen molar-refractivity contribution in [2.45, 2.75) is 26.7 Å². The molecular formula is C23H22ClNO4S. The Kier molecular flexibility index (Phi) is 6.68. The molecular weight excluding hydrogens is 422 g/mol. The minimum atomic E-state index is -0.464. The average molecular weight is 444 g/mol. The van der Waals surface area contributed by atoms with E-state index in [1.54, 1.807) is 37.5 Å². The first-order valence-corrected chi connectivity index (χ1v) is 10.6. The lowest BCUT2D eigenvalue weighted by atomic mass is 9.96. The van der Waals surface area contributed by atoms with Crippen LogP contribution < -0.4 is 4.74 Å². The molecule has 2 aromatic carbocycles. The van der Waals surface area contributed by atoms with Gasteiger partial charge in [-0.15, -0.1) is 0 Å². The van der Waals surface area contributed by atoms with Crippen molar-refractivity contribution in [1.82, 2.24) is 4.90 Å². The van der Waals surface area contributed by atoms with Crippen LogP contribution in [0.25, 0.3) is 6.08 Å². The number of carbonyl (C=O) groups is 3. The predicted octanol–water partition coefficient (Wildman–Crippen LogP) is 5.70. The maximum Gasteiger partial charge on any atom is 0.293 e. The summed E-state index contributed by atoms with van der Waals surface area (Å²) in [5.41, 5.74) is 3.19. The minimum Gasteiger partial charge on any atom is -0.496 e. The van der Waals surface area contributed by atoms with Crippen molar-refractivity contribution in [2.24, 2.45) is 0 Å². The van der Waals surface area contributed by atoms with Gasteiger partial charge in [-0.3, -0.25) is 19.3 Å². The van der Waals surface area contributed by atoms with E-state index in [9.17, 15) is 14.4 Å². The van der Waals surface area contributed by atoms with Gasteiger partial charge in [0.25, 0.3) is 11.1 Å². The van der Waals surface area contributed by atoms with E-state index in [4.69, 9.17) is 16.3 Å². The van der Waals surface area contributed by atoms with Crippen LogP contribution in [-0.2, 0) is 4.79 Å². The summed E-state index contributed by atoms with van der Waals surface area (Å²) < 4.78 is 5.46. The highest BCUT2D eigenvalue weighted by Gasteiger charge is 2.36. The number of aryl methyl sites for hydroxylation is 1. The van der Waals surface area contributed by atoms with Crippen LogP contribution in [0.4, 0.5) is 4.79 Å². The molecule has 1 saturated heterocycles. The summed E-state index contributed by atoms with van der Waals surface area (Å²) in [5.74, 6) is 0.243. The number of ether oxygens (including phenoxy) is 1. The first kappa shape index (κ1) is 22.1. The molecule has 0 aromatic heterocycles. The zero-order valence-corrected chi connectivity index (χ0v) is 18.8. The number of ketones is 1. The lowest BCUT2D eigenvalue weighted by Gasteiger charge is -2.15. The molecule has 0 saturated carbocycles. The number of benzene rings is 2. The maximum atomic E-state index is 12.8. The number of Topliss-reactive ketones (excluding diaryl/α,β-unsaturated/α-hetero) is 1. The van der Waals surface area contributed by atoms with Crippen molar-refractivity contribution in [2.75, 3.05) is 13.7 Å². The van der Waals surface area contributed by atoms with Crippen molar-refractivity contribution in [1.29, 1.82) is 0 Å². The number of thioether (sulfide) groups is 1. The monoisotopic (exact) mass is 443 g/mol. The highest BCUT2D eigenvalue weighted by molar-refractivity contribution is 8.18. The molecule has 0 bridgehead atoms. The maximum absolute atomic E-state index is 12.8. The Morgan fingerprint density at radius 1 is 1.20 bits per heavy atom. The van der Waals surface area contributed by atoms with Gasteiger partial charge in [0.2, 0.25) is 0 Å². The third-order valence-electron chi connectivity index (χ3n) is 4.87. The zero-order chi connectivity index (χ0) is 22.0. The van der Waals surface area contributed by atoms with E-state index < -0.39 is 11.1 Å². The summed E-state index contributed by atoms with van der Waals surface area (Å²) in [6.45, 7) is 5.75. The summed E-state index contributed by atoms with van der Waals surface area (Å²) in [7, 11) is 1.63. The fraction of sp³-hybridized carbons (Fsp3) is 0.261. The molecule has 2 aromatic rings. The van der Waals surface area contributed by atoms with Gasteiger partial charge in [0.05, 0.1) is 18.6 Å². The molecule has 5 nitrogen and oxygen atoms in total. The molecule has 0 aliphatic carbocycles. The largest absolute Gasteiger partial charge is 0.496 e. The van der Waals surface area contributed by atoms with E-state index in [1.165, 1.54) is 0 Å². The first-order valence-electron chi connectivity index (χ1n) is 9.44. The number of amides is 2. The number of halogens is 1. The molecule has 3 rings (SSSR count). The van der Waals surface area contributed by atoms with E-state index in [0.29, 0.717) is 15.5 Å². The van der Waals surface area contributed by atoms with E-state index in [-0.39, 0.29) is 18.2 Å². The molecule has 1 aliphatic rings. The highest BCUT2D eigenvalue weighted by Crippen LogP contribution is 2.35. The second-order valence-electron chi connectivity index (χ2n) is 7.30. The molecule has 0 radical (unpaired) electrons. The fourth-order valence-electron chi connectivity index (χ4n) is 3.15. The van der Waals surface area contributed by atoms with Crippen LogP contribution in [0.5, 0.6) is 5.75 Å². The average Bonchev–Trinajstić information content (AvgIpc) is 2.96. The minimum absolute atomic E-state index is 0.236. The Morgan fingerprint density at radius 2 is 1.87 bits per heavy atom. The lowest BCUT2D eigenvalue weighted by Crippen LogP contribution is -2.33. The summed E-state index contributed by atoms with van der Waals surface area (Å²) in [4.78, 5) is 39.0. The molecule has 1 aliphatic heterocycles. The number of methoxy groups -OCH3 is 1. The Bertz CT molecular complexity index is 1040. The van der Waals surface area contributed by atoms with Gasteiger partial charge in [-0.05, 0) is 83.8 Å². The molecule has 1 heterocycles. The highest BCUT2D eigenvalue weighted by atomic mass is 35.5. The zero-order valence-electron chi connectivity index (χ0n) is 17.2. The van der Waals surface area contributed by atoms with Crippen molar-refractivity contribution in [3.05, 3.63) is 68.6 Å². The number of imide groups is 1. The standard InChI is InChI=1S/C23H22ClNO4S/c1-13(2)18-10-16(14(3)9-20(18)29-4)11-21-22(27)25(23(28)30-21)12-19(26)15-5-7-17(24)8-6-15/h5-11,13H,12H2,1-4H3. The molecule has 2 amide bonds. The van der Waals surface area contributed by atoms with Crippen LogP contribution >= 0.6 is 23.4 Å². The van der Waals surface area contributed by atoms with Gasteiger partial charge in [-0.2, -0.15) is 0 Å². The van der Waals surface area contributed by atoms with Crippen LogP contribution in [-0.4, -0.2) is 35.5 Å². The van der Waals surface area contributed by atoms with Gasteiger partial charge >= 0.3 is 0 Å². The number of hydrogen-bond donors (Lipinski definition) is 0. The fourth-order valence-corrected chi connectivity index (χ4v) is 4.10. The van der Waals surface area contributed by atoms with Crippen LogP contribution in [0.1, 0.15) is 46.8 Å². The van der Waals surface area contributed by atoms with Crippen molar-refractivity contribution >= 4 is 46.4 Å². The van der Waals surface area contributed by atoms with Gasteiger partial charge < -0.3 is 4.74 Å². The molecule has 7 heteroatoms. The Balaban J connectivity index is 1.85. The van der Waals surface area contributed by atoms with Gasteiger partial charge in [0.1, 0.15) is 5.75 Å². The molecule has 30 heavy (non-hydrogen) atoms. The van der Waals surface area contributed by atoms with Crippen LogP contribution in [0.15, 0.2) is 41.3 Å². The SMILES string of the molecule is COc1cc(C)c(C=C2SC(=O)N(CC(=O)c3ccc(Cl)cc3)C2=O)cc1C(C)C. The third kappa shape index (κ3) is 4.60. The summed E-state index contributed by atoms with van der Waals surface area (Å²) in [6.07, 6.45) is 1.71. The van der Waals surface area contributed by atoms with E-state index in [2.05, 4.69) is 13.8 Å². The van der Waals surface area contributed by atoms with Gasteiger partial charge in [-0.1, -0.05) is 25.4 Å².